The van der Waals surface area contributed by atoms with Crippen LogP contribution in [-0.2, 0) is 0 Å². The lowest BCUT2D eigenvalue weighted by Crippen LogP contribution is -2.40. The van der Waals surface area contributed by atoms with Gasteiger partial charge in [0.1, 0.15) is 5.69 Å². The van der Waals surface area contributed by atoms with Gasteiger partial charge >= 0.3 is 0 Å². The predicted molar refractivity (Wildman–Crippen MR) is 100 cm³/mol. The van der Waals surface area contributed by atoms with Crippen molar-refractivity contribution in [1.29, 1.82) is 0 Å². The Labute approximate surface area is 161 Å². The van der Waals surface area contributed by atoms with Gasteiger partial charge < -0.3 is 9.88 Å². The maximum atomic E-state index is 12.6. The van der Waals surface area contributed by atoms with E-state index in [4.69, 9.17) is 23.2 Å². The zero-order valence-electron chi connectivity index (χ0n) is 14.2. The Balaban J connectivity index is 1.62. The molecule has 0 spiro atoms. The molecule has 1 aliphatic heterocycles. The van der Waals surface area contributed by atoms with E-state index in [0.717, 1.165) is 0 Å². The molecule has 0 radical (unpaired) electrons. The molecule has 1 N–H and O–H groups in total. The first-order valence-corrected chi connectivity index (χ1v) is 9.10. The van der Waals surface area contributed by atoms with Gasteiger partial charge in [0.05, 0.1) is 10.0 Å². The highest BCUT2D eigenvalue weighted by atomic mass is 35.5. The lowest BCUT2D eigenvalue weighted by atomic mass is 9.89. The third-order valence-electron chi connectivity index (χ3n) is 4.68. The highest BCUT2D eigenvalue weighted by Crippen LogP contribution is 2.27. The van der Waals surface area contributed by atoms with Crippen LogP contribution in [0.15, 0.2) is 30.5 Å². The summed E-state index contributed by atoms with van der Waals surface area (Å²) in [5.41, 5.74) is 1.42. The van der Waals surface area contributed by atoms with Crippen molar-refractivity contribution in [3.05, 3.63) is 57.3 Å². The fourth-order valence-electron chi connectivity index (χ4n) is 3.12. The minimum atomic E-state index is -0.155. The molecular formula is C19H18Cl2N2O3. The highest BCUT2D eigenvalue weighted by molar-refractivity contribution is 6.42. The minimum Gasteiger partial charge on any atom is -0.356 e. The molecule has 1 aromatic carbocycles. The number of hydrogen-bond donors (Lipinski definition) is 1. The molecule has 1 amide bonds. The van der Waals surface area contributed by atoms with Gasteiger partial charge in [0.25, 0.3) is 5.91 Å². The van der Waals surface area contributed by atoms with Crippen LogP contribution in [0.3, 0.4) is 0 Å². The summed E-state index contributed by atoms with van der Waals surface area (Å²) in [6, 6.07) is 6.45. The molecule has 1 aliphatic rings. The Morgan fingerprint density at radius 3 is 2.31 bits per heavy atom. The van der Waals surface area contributed by atoms with Crippen molar-refractivity contribution in [3.8, 4) is 0 Å². The number of ketones is 2. The Hall–Kier alpha value is -2.11. The summed E-state index contributed by atoms with van der Waals surface area (Å²) in [6.07, 6.45) is 2.71. The van der Waals surface area contributed by atoms with Crippen molar-refractivity contribution in [3.63, 3.8) is 0 Å². The number of hydrogen-bond acceptors (Lipinski definition) is 3. The predicted octanol–water partition coefficient (Wildman–Crippen LogP) is 4.26. The molecule has 26 heavy (non-hydrogen) atoms. The molecule has 3 rings (SSSR count). The molecule has 0 saturated carbocycles. The van der Waals surface area contributed by atoms with E-state index in [2.05, 4.69) is 4.98 Å². The number of aromatic nitrogens is 1. The number of aromatic amines is 1. The maximum Gasteiger partial charge on any atom is 0.270 e. The first-order chi connectivity index (χ1) is 12.4. The van der Waals surface area contributed by atoms with Crippen LogP contribution in [0.5, 0.6) is 0 Å². The Morgan fingerprint density at radius 2 is 1.73 bits per heavy atom. The van der Waals surface area contributed by atoms with Crippen LogP contribution in [-0.4, -0.2) is 40.4 Å². The van der Waals surface area contributed by atoms with Crippen LogP contribution >= 0.6 is 23.2 Å². The minimum absolute atomic E-state index is 0.0226. The van der Waals surface area contributed by atoms with Crippen LogP contribution in [0.1, 0.15) is 51.0 Å². The molecular weight excluding hydrogens is 375 g/mol. The molecule has 136 valence electrons. The molecule has 2 heterocycles. The second kappa shape index (κ2) is 7.64. The van der Waals surface area contributed by atoms with Crippen LogP contribution in [0, 0.1) is 5.92 Å². The SMILES string of the molecule is CC(=O)c1c[nH]c(C(=O)N2CCC(C(=O)c3ccc(Cl)c(Cl)c3)CC2)c1. The molecule has 1 saturated heterocycles. The number of piperidine rings is 1. The molecule has 0 atom stereocenters. The van der Waals surface area contributed by atoms with Crippen LogP contribution in [0.2, 0.25) is 10.0 Å². The van der Waals surface area contributed by atoms with E-state index in [1.165, 1.54) is 13.1 Å². The molecule has 5 nitrogen and oxygen atoms in total. The zero-order chi connectivity index (χ0) is 18.8. The number of nitrogens with one attached hydrogen (secondary N) is 1. The van der Waals surface area contributed by atoms with Gasteiger partial charge in [-0.15, -0.1) is 0 Å². The quantitative estimate of drug-likeness (QED) is 0.790. The van der Waals surface area contributed by atoms with E-state index in [1.807, 2.05) is 0 Å². The molecule has 7 heteroatoms. The third-order valence-corrected chi connectivity index (χ3v) is 5.42. The number of carbonyl (C=O) groups excluding carboxylic acids is 3. The largest absolute Gasteiger partial charge is 0.356 e. The topological polar surface area (TPSA) is 70.2 Å². The lowest BCUT2D eigenvalue weighted by Gasteiger charge is -2.31. The van der Waals surface area contributed by atoms with Crippen molar-refractivity contribution >= 4 is 40.7 Å². The van der Waals surface area contributed by atoms with Crippen molar-refractivity contribution in [2.45, 2.75) is 19.8 Å². The summed E-state index contributed by atoms with van der Waals surface area (Å²) in [5, 5.41) is 0.776. The summed E-state index contributed by atoms with van der Waals surface area (Å²) in [6.45, 7) is 2.44. The van der Waals surface area contributed by atoms with E-state index in [-0.39, 0.29) is 23.4 Å². The second-order valence-electron chi connectivity index (χ2n) is 6.42. The van der Waals surface area contributed by atoms with Gasteiger partial charge in [-0.3, -0.25) is 14.4 Å². The number of H-pyrrole nitrogens is 1. The summed E-state index contributed by atoms with van der Waals surface area (Å²) in [7, 11) is 0. The van der Waals surface area contributed by atoms with E-state index < -0.39 is 0 Å². The number of rotatable bonds is 4. The molecule has 1 aromatic heterocycles. The van der Waals surface area contributed by atoms with Gasteiger partial charge in [0.15, 0.2) is 11.6 Å². The van der Waals surface area contributed by atoms with E-state index >= 15 is 0 Å². The summed E-state index contributed by atoms with van der Waals surface area (Å²) < 4.78 is 0. The van der Waals surface area contributed by atoms with E-state index in [1.54, 1.807) is 29.2 Å². The van der Waals surface area contributed by atoms with Crippen molar-refractivity contribution in [1.82, 2.24) is 9.88 Å². The van der Waals surface area contributed by atoms with Gasteiger partial charge in [0.2, 0.25) is 0 Å². The zero-order valence-corrected chi connectivity index (χ0v) is 15.7. The molecule has 0 bridgehead atoms. The Bertz CT molecular complexity index is 867. The van der Waals surface area contributed by atoms with Crippen LogP contribution in [0.4, 0.5) is 0 Å². The smallest absolute Gasteiger partial charge is 0.270 e. The van der Waals surface area contributed by atoms with Gasteiger partial charge in [-0.1, -0.05) is 23.2 Å². The monoisotopic (exact) mass is 392 g/mol. The number of Topliss-reactive ketones (excluding diaryl/α,β-unsaturated/α-hetero) is 2. The van der Waals surface area contributed by atoms with Crippen molar-refractivity contribution < 1.29 is 14.4 Å². The average Bonchev–Trinajstić information content (AvgIpc) is 3.13. The number of nitrogens with zero attached hydrogens (tertiary/aromatic N) is 1. The fourth-order valence-corrected chi connectivity index (χ4v) is 3.42. The summed E-state index contributed by atoms with van der Waals surface area (Å²) >= 11 is 11.9. The summed E-state index contributed by atoms with van der Waals surface area (Å²) in [5.74, 6) is -0.369. The normalized spacial score (nSPS) is 15.1. The second-order valence-corrected chi connectivity index (χ2v) is 7.23. The summed E-state index contributed by atoms with van der Waals surface area (Å²) in [4.78, 5) is 41.1. The Kier molecular flexibility index (Phi) is 5.49. The maximum absolute atomic E-state index is 12.6. The van der Waals surface area contributed by atoms with E-state index in [0.29, 0.717) is 52.8 Å². The fraction of sp³-hybridized carbons (Fsp3) is 0.316. The van der Waals surface area contributed by atoms with Gasteiger partial charge in [-0.25, -0.2) is 0 Å². The van der Waals surface area contributed by atoms with Crippen molar-refractivity contribution in [2.24, 2.45) is 5.92 Å². The number of amides is 1. The Morgan fingerprint density at radius 1 is 1.04 bits per heavy atom. The third kappa shape index (κ3) is 3.84. The first-order valence-electron chi connectivity index (χ1n) is 8.34. The first kappa shape index (κ1) is 18.7. The van der Waals surface area contributed by atoms with Crippen molar-refractivity contribution in [2.75, 3.05) is 13.1 Å². The number of halogens is 2. The van der Waals surface area contributed by atoms with Gasteiger partial charge in [0, 0.05) is 36.3 Å². The van der Waals surface area contributed by atoms with Gasteiger partial charge in [-0.05, 0) is 44.0 Å². The number of benzene rings is 1. The van der Waals surface area contributed by atoms with Crippen LogP contribution < -0.4 is 0 Å². The molecule has 2 aromatic rings. The molecule has 0 aliphatic carbocycles. The lowest BCUT2D eigenvalue weighted by molar-refractivity contribution is 0.0646. The number of likely N-dealkylation sites (tertiary alicyclic amines) is 1. The van der Waals surface area contributed by atoms with Crippen LogP contribution in [0.25, 0.3) is 0 Å². The number of carbonyl (C=O) groups is 3. The molecule has 0 unspecified atom stereocenters. The molecule has 1 fully saturated rings. The van der Waals surface area contributed by atoms with Gasteiger partial charge in [-0.2, -0.15) is 0 Å². The standard InChI is InChI=1S/C19H18Cl2N2O3/c1-11(24)14-9-17(22-10-14)19(26)23-6-4-12(5-7-23)18(25)13-2-3-15(20)16(21)8-13/h2-3,8-10,12,22H,4-7H2,1H3. The van der Waals surface area contributed by atoms with E-state index in [9.17, 15) is 14.4 Å². The highest BCUT2D eigenvalue weighted by Gasteiger charge is 2.29. The average molecular weight is 393 g/mol.